The summed E-state index contributed by atoms with van der Waals surface area (Å²) in [7, 11) is 1.61. The maximum Gasteiger partial charge on any atom is 0.231 e. The standard InChI is InChI=1S/C22H27N3O3.ClH/c1-14(15(2)23)22(27)24-18-8-7-17-9-10-25(20(17)13-18)21(26)12-16-5-4-6-19(11-16)28-3;/h4-8,11,13-15H,9-10,12,23H2,1-3H3,(H,24,27);1H. The van der Waals surface area contributed by atoms with Crippen molar-refractivity contribution in [2.75, 3.05) is 23.9 Å². The lowest BCUT2D eigenvalue weighted by Gasteiger charge is -2.19. The van der Waals surface area contributed by atoms with Crippen LogP contribution in [0.15, 0.2) is 42.5 Å². The summed E-state index contributed by atoms with van der Waals surface area (Å²) in [5, 5.41) is 2.90. The lowest BCUT2D eigenvalue weighted by Crippen LogP contribution is -2.34. The van der Waals surface area contributed by atoms with Gasteiger partial charge in [-0.25, -0.2) is 0 Å². The highest BCUT2D eigenvalue weighted by molar-refractivity contribution is 5.99. The van der Waals surface area contributed by atoms with Gasteiger partial charge in [-0.3, -0.25) is 9.59 Å². The highest BCUT2D eigenvalue weighted by Gasteiger charge is 2.26. The van der Waals surface area contributed by atoms with E-state index in [9.17, 15) is 9.59 Å². The van der Waals surface area contributed by atoms with Crippen molar-refractivity contribution in [3.8, 4) is 5.75 Å². The van der Waals surface area contributed by atoms with Crippen LogP contribution in [0.25, 0.3) is 0 Å². The van der Waals surface area contributed by atoms with Gasteiger partial charge in [0.15, 0.2) is 0 Å². The van der Waals surface area contributed by atoms with E-state index in [2.05, 4.69) is 5.32 Å². The molecule has 0 aromatic heterocycles. The van der Waals surface area contributed by atoms with Gasteiger partial charge in [-0.2, -0.15) is 0 Å². The molecule has 0 saturated heterocycles. The average Bonchev–Trinajstić information content (AvgIpc) is 3.10. The number of amides is 2. The first-order valence-corrected chi connectivity index (χ1v) is 9.51. The van der Waals surface area contributed by atoms with Crippen LogP contribution in [0, 0.1) is 5.92 Å². The van der Waals surface area contributed by atoms with Gasteiger partial charge < -0.3 is 20.7 Å². The number of nitrogens with two attached hydrogens (primary N) is 1. The molecule has 0 saturated carbocycles. The molecule has 0 radical (unpaired) electrons. The fourth-order valence-corrected chi connectivity index (χ4v) is 3.26. The SMILES string of the molecule is COc1cccc(CC(=O)N2CCc3ccc(NC(=O)C(C)C(C)N)cc32)c1.Cl. The van der Waals surface area contributed by atoms with Gasteiger partial charge in [0, 0.05) is 24.0 Å². The van der Waals surface area contributed by atoms with Crippen molar-refractivity contribution in [3.63, 3.8) is 0 Å². The summed E-state index contributed by atoms with van der Waals surface area (Å²) in [6.45, 7) is 4.26. The Balaban J connectivity index is 0.00000300. The van der Waals surface area contributed by atoms with Crippen molar-refractivity contribution in [3.05, 3.63) is 53.6 Å². The van der Waals surface area contributed by atoms with E-state index in [1.807, 2.05) is 49.4 Å². The molecule has 1 aliphatic heterocycles. The summed E-state index contributed by atoms with van der Waals surface area (Å²) >= 11 is 0. The van der Waals surface area contributed by atoms with E-state index in [0.717, 1.165) is 29.0 Å². The number of benzene rings is 2. The second-order valence-electron chi connectivity index (χ2n) is 7.30. The number of hydrogen-bond donors (Lipinski definition) is 2. The van der Waals surface area contributed by atoms with Crippen LogP contribution in [0.1, 0.15) is 25.0 Å². The molecular weight excluding hydrogens is 390 g/mol. The first-order valence-electron chi connectivity index (χ1n) is 9.51. The van der Waals surface area contributed by atoms with Crippen molar-refractivity contribution in [1.82, 2.24) is 0 Å². The van der Waals surface area contributed by atoms with E-state index in [4.69, 9.17) is 10.5 Å². The molecule has 156 valence electrons. The van der Waals surface area contributed by atoms with E-state index in [1.54, 1.807) is 18.9 Å². The number of halogens is 1. The average molecular weight is 418 g/mol. The van der Waals surface area contributed by atoms with Crippen molar-refractivity contribution in [2.24, 2.45) is 11.7 Å². The van der Waals surface area contributed by atoms with E-state index in [0.29, 0.717) is 18.7 Å². The lowest BCUT2D eigenvalue weighted by atomic mass is 10.0. The zero-order valence-corrected chi connectivity index (χ0v) is 17.8. The van der Waals surface area contributed by atoms with Gasteiger partial charge in [-0.1, -0.05) is 25.1 Å². The summed E-state index contributed by atoms with van der Waals surface area (Å²) in [4.78, 5) is 27.0. The Kier molecular flexibility index (Phi) is 7.65. The number of nitrogens with one attached hydrogen (secondary N) is 1. The van der Waals surface area contributed by atoms with Gasteiger partial charge in [0.05, 0.1) is 19.4 Å². The highest BCUT2D eigenvalue weighted by atomic mass is 35.5. The first kappa shape index (κ1) is 22.7. The molecular formula is C22H28ClN3O3. The van der Waals surface area contributed by atoms with Crippen molar-refractivity contribution in [2.45, 2.75) is 32.7 Å². The van der Waals surface area contributed by atoms with Crippen LogP contribution in [0.2, 0.25) is 0 Å². The molecule has 2 amide bonds. The smallest absolute Gasteiger partial charge is 0.231 e. The molecule has 2 aromatic carbocycles. The molecule has 0 aliphatic carbocycles. The molecule has 0 bridgehead atoms. The van der Waals surface area contributed by atoms with Gasteiger partial charge in [0.2, 0.25) is 11.8 Å². The predicted octanol–water partition coefficient (Wildman–Crippen LogP) is 3.17. The second kappa shape index (κ2) is 9.76. The number of anilines is 2. The van der Waals surface area contributed by atoms with Crippen LogP contribution in [0.5, 0.6) is 5.75 Å². The van der Waals surface area contributed by atoms with Crippen LogP contribution in [-0.4, -0.2) is 31.5 Å². The Labute approximate surface area is 177 Å². The molecule has 3 N–H and O–H groups in total. The van der Waals surface area contributed by atoms with Crippen LogP contribution < -0.4 is 20.7 Å². The van der Waals surface area contributed by atoms with Crippen LogP contribution in [0.4, 0.5) is 11.4 Å². The molecule has 2 unspecified atom stereocenters. The summed E-state index contributed by atoms with van der Waals surface area (Å²) in [5.74, 6) is 0.348. The third kappa shape index (κ3) is 5.28. The minimum absolute atomic E-state index is 0. The Hall–Kier alpha value is -2.57. The molecule has 1 heterocycles. The van der Waals surface area contributed by atoms with E-state index in [1.165, 1.54) is 0 Å². The zero-order chi connectivity index (χ0) is 20.3. The van der Waals surface area contributed by atoms with Crippen LogP contribution in [-0.2, 0) is 22.4 Å². The molecule has 0 spiro atoms. The third-order valence-corrected chi connectivity index (χ3v) is 5.24. The van der Waals surface area contributed by atoms with Gasteiger partial charge in [0.25, 0.3) is 0 Å². The summed E-state index contributed by atoms with van der Waals surface area (Å²) in [5.41, 5.74) is 9.37. The monoisotopic (exact) mass is 417 g/mol. The number of rotatable bonds is 6. The minimum atomic E-state index is -0.293. The predicted molar refractivity (Wildman–Crippen MR) is 118 cm³/mol. The van der Waals surface area contributed by atoms with Crippen LogP contribution >= 0.6 is 12.4 Å². The number of hydrogen-bond acceptors (Lipinski definition) is 4. The molecule has 2 atom stereocenters. The normalized spacial score (nSPS) is 14.4. The highest BCUT2D eigenvalue weighted by Crippen LogP contribution is 2.31. The van der Waals surface area contributed by atoms with E-state index >= 15 is 0 Å². The first-order chi connectivity index (χ1) is 13.4. The second-order valence-corrected chi connectivity index (χ2v) is 7.30. The molecule has 6 nitrogen and oxygen atoms in total. The number of ether oxygens (including phenoxy) is 1. The maximum absolute atomic E-state index is 12.9. The third-order valence-electron chi connectivity index (χ3n) is 5.24. The Morgan fingerprint density at radius 3 is 2.66 bits per heavy atom. The minimum Gasteiger partial charge on any atom is -0.497 e. The topological polar surface area (TPSA) is 84.7 Å². The molecule has 3 rings (SSSR count). The zero-order valence-electron chi connectivity index (χ0n) is 17.0. The van der Waals surface area contributed by atoms with Crippen LogP contribution in [0.3, 0.4) is 0 Å². The van der Waals surface area contributed by atoms with Crippen molar-refractivity contribution < 1.29 is 14.3 Å². The fourth-order valence-electron chi connectivity index (χ4n) is 3.26. The quantitative estimate of drug-likeness (QED) is 0.756. The van der Waals surface area contributed by atoms with Gasteiger partial charge >= 0.3 is 0 Å². The number of carbonyl (C=O) groups excluding carboxylic acids is 2. The largest absolute Gasteiger partial charge is 0.497 e. The molecule has 0 fully saturated rings. The van der Waals surface area contributed by atoms with Gasteiger partial charge in [0.1, 0.15) is 5.75 Å². The van der Waals surface area contributed by atoms with E-state index in [-0.39, 0.29) is 36.2 Å². The fraction of sp³-hybridized carbons (Fsp3) is 0.364. The lowest BCUT2D eigenvalue weighted by molar-refractivity contribution is -0.120. The van der Waals surface area contributed by atoms with Gasteiger partial charge in [-0.15, -0.1) is 12.4 Å². The number of carbonyl (C=O) groups is 2. The maximum atomic E-state index is 12.9. The number of methoxy groups -OCH3 is 1. The Bertz CT molecular complexity index is 885. The van der Waals surface area contributed by atoms with Crippen molar-refractivity contribution in [1.29, 1.82) is 0 Å². The Morgan fingerprint density at radius 2 is 1.97 bits per heavy atom. The Morgan fingerprint density at radius 1 is 1.21 bits per heavy atom. The molecule has 2 aromatic rings. The molecule has 7 heteroatoms. The van der Waals surface area contributed by atoms with Crippen molar-refractivity contribution >= 4 is 35.6 Å². The number of fused-ring (bicyclic) bond motifs is 1. The number of nitrogens with zero attached hydrogens (tertiary/aromatic N) is 1. The van der Waals surface area contributed by atoms with E-state index < -0.39 is 0 Å². The summed E-state index contributed by atoms with van der Waals surface area (Å²) < 4.78 is 5.23. The summed E-state index contributed by atoms with van der Waals surface area (Å²) in [6, 6.07) is 13.0. The molecule has 1 aliphatic rings. The summed E-state index contributed by atoms with van der Waals surface area (Å²) in [6.07, 6.45) is 1.11. The van der Waals surface area contributed by atoms with Gasteiger partial charge in [-0.05, 0) is 48.7 Å². The molecule has 29 heavy (non-hydrogen) atoms.